The van der Waals surface area contributed by atoms with Gasteiger partial charge in [0.25, 0.3) is 0 Å². The molecule has 1 aromatic carbocycles. The number of ether oxygens (including phenoxy) is 2. The van der Waals surface area contributed by atoms with Crippen LogP contribution in [0.2, 0.25) is 5.02 Å². The van der Waals surface area contributed by atoms with Gasteiger partial charge >= 0.3 is 5.97 Å². The molecule has 0 bridgehead atoms. The molecule has 4 heteroatoms. The van der Waals surface area contributed by atoms with Crippen LogP contribution in [0.25, 0.3) is 0 Å². The Morgan fingerprint density at radius 2 is 2.12 bits per heavy atom. The van der Waals surface area contributed by atoms with Crippen LogP contribution in [0.1, 0.15) is 13.8 Å². The van der Waals surface area contributed by atoms with Crippen molar-refractivity contribution in [2.45, 2.75) is 13.8 Å². The zero-order valence-corrected chi connectivity index (χ0v) is 9.95. The summed E-state index contributed by atoms with van der Waals surface area (Å²) in [7, 11) is 0. The average Bonchev–Trinajstić information content (AvgIpc) is 2.21. The molecule has 0 radical (unpaired) electrons. The van der Waals surface area contributed by atoms with Gasteiger partial charge < -0.3 is 9.47 Å². The van der Waals surface area contributed by atoms with Gasteiger partial charge in [0, 0.05) is 0 Å². The fraction of sp³-hybridized carbons (Fsp3) is 0.250. The van der Waals surface area contributed by atoms with E-state index in [2.05, 4.69) is 0 Å². The van der Waals surface area contributed by atoms with Crippen molar-refractivity contribution in [2.75, 3.05) is 6.61 Å². The van der Waals surface area contributed by atoms with Crippen molar-refractivity contribution in [3.63, 3.8) is 0 Å². The second kappa shape index (κ2) is 6.18. The lowest BCUT2D eigenvalue weighted by Gasteiger charge is -2.06. The second-order valence-electron chi connectivity index (χ2n) is 3.04. The molecule has 0 fully saturated rings. The van der Waals surface area contributed by atoms with E-state index >= 15 is 0 Å². The summed E-state index contributed by atoms with van der Waals surface area (Å²) in [6.07, 6.45) is 1.28. The van der Waals surface area contributed by atoms with E-state index in [1.54, 1.807) is 38.1 Å². The second-order valence-corrected chi connectivity index (χ2v) is 3.45. The van der Waals surface area contributed by atoms with Gasteiger partial charge in [-0.25, -0.2) is 4.79 Å². The minimum absolute atomic E-state index is 0.342. The number of hydrogen-bond donors (Lipinski definition) is 0. The van der Waals surface area contributed by atoms with Crippen LogP contribution in [0.3, 0.4) is 0 Å². The molecule has 0 amide bonds. The predicted octanol–water partition coefficient (Wildman–Crippen LogP) is 3.19. The first-order chi connectivity index (χ1) is 7.63. The maximum absolute atomic E-state index is 11.1. The highest BCUT2D eigenvalue weighted by molar-refractivity contribution is 6.32. The molecule has 3 nitrogen and oxygen atoms in total. The summed E-state index contributed by atoms with van der Waals surface area (Å²) < 4.78 is 10.1. The van der Waals surface area contributed by atoms with Crippen molar-refractivity contribution in [2.24, 2.45) is 0 Å². The van der Waals surface area contributed by atoms with Gasteiger partial charge in [0.05, 0.1) is 17.7 Å². The van der Waals surface area contributed by atoms with E-state index in [9.17, 15) is 4.79 Å². The Balaban J connectivity index is 2.67. The first-order valence-electron chi connectivity index (χ1n) is 4.91. The lowest BCUT2D eigenvalue weighted by molar-refractivity contribution is -0.137. The van der Waals surface area contributed by atoms with E-state index in [0.29, 0.717) is 23.1 Å². The Hall–Kier alpha value is -1.48. The van der Waals surface area contributed by atoms with Crippen molar-refractivity contribution in [3.05, 3.63) is 41.1 Å². The molecular weight excluding hydrogens is 228 g/mol. The number of rotatable bonds is 4. The Morgan fingerprint density at radius 3 is 2.75 bits per heavy atom. The molecule has 1 rings (SSSR count). The maximum Gasteiger partial charge on any atom is 0.334 e. The van der Waals surface area contributed by atoms with E-state index in [-0.39, 0.29) is 0 Å². The molecule has 0 aliphatic carbocycles. The molecule has 0 aliphatic rings. The summed E-state index contributed by atoms with van der Waals surface area (Å²) in [5.74, 6) is 0.529. The average molecular weight is 241 g/mol. The lowest BCUT2D eigenvalue weighted by Crippen LogP contribution is -2.02. The Bertz CT molecular complexity index is 399. The molecule has 0 atom stereocenters. The minimum atomic E-state index is -0.424. The molecule has 0 saturated heterocycles. The molecule has 86 valence electrons. The number of benzene rings is 1. The summed E-state index contributed by atoms with van der Waals surface area (Å²) in [6, 6.07) is 7.05. The SMILES string of the molecule is CCOC(=O)/C=C(\C)Oc1ccccc1Cl. The molecule has 16 heavy (non-hydrogen) atoms. The minimum Gasteiger partial charge on any atom is -0.463 e. The summed E-state index contributed by atoms with van der Waals surface area (Å²) >= 11 is 5.90. The van der Waals surface area contributed by atoms with Gasteiger partial charge in [-0.2, -0.15) is 0 Å². The number of hydrogen-bond acceptors (Lipinski definition) is 3. The van der Waals surface area contributed by atoms with Gasteiger partial charge in [-0.1, -0.05) is 23.7 Å². The number of para-hydroxylation sites is 1. The first kappa shape index (κ1) is 12.6. The molecule has 0 unspecified atom stereocenters. The zero-order valence-electron chi connectivity index (χ0n) is 9.20. The number of esters is 1. The van der Waals surface area contributed by atoms with Crippen molar-refractivity contribution in [3.8, 4) is 5.75 Å². The van der Waals surface area contributed by atoms with Gasteiger partial charge in [-0.15, -0.1) is 0 Å². The molecule has 0 N–H and O–H groups in total. The fourth-order valence-corrected chi connectivity index (χ4v) is 1.25. The lowest BCUT2D eigenvalue weighted by atomic mass is 10.3. The van der Waals surface area contributed by atoms with Crippen LogP contribution < -0.4 is 4.74 Å². The quantitative estimate of drug-likeness (QED) is 0.461. The highest BCUT2D eigenvalue weighted by atomic mass is 35.5. The van der Waals surface area contributed by atoms with Gasteiger partial charge in [0.1, 0.15) is 11.5 Å². The third kappa shape index (κ3) is 3.95. The van der Waals surface area contributed by atoms with E-state index < -0.39 is 5.97 Å². The van der Waals surface area contributed by atoms with Crippen LogP contribution in [0.4, 0.5) is 0 Å². The smallest absolute Gasteiger partial charge is 0.334 e. The summed E-state index contributed by atoms with van der Waals surface area (Å²) in [5.41, 5.74) is 0. The van der Waals surface area contributed by atoms with E-state index in [1.807, 2.05) is 0 Å². The van der Waals surface area contributed by atoms with Crippen molar-refractivity contribution >= 4 is 17.6 Å². The summed E-state index contributed by atoms with van der Waals surface area (Å²) in [6.45, 7) is 3.75. The van der Waals surface area contributed by atoms with Crippen LogP contribution in [0.15, 0.2) is 36.1 Å². The number of halogens is 1. The topological polar surface area (TPSA) is 35.5 Å². The summed E-state index contributed by atoms with van der Waals surface area (Å²) in [4.78, 5) is 11.1. The molecule has 0 aromatic heterocycles. The largest absolute Gasteiger partial charge is 0.463 e. The van der Waals surface area contributed by atoms with Crippen molar-refractivity contribution in [1.29, 1.82) is 0 Å². The van der Waals surface area contributed by atoms with Crippen LogP contribution in [-0.4, -0.2) is 12.6 Å². The van der Waals surface area contributed by atoms with E-state index in [4.69, 9.17) is 21.1 Å². The third-order valence-corrected chi connectivity index (χ3v) is 2.03. The van der Waals surface area contributed by atoms with Gasteiger partial charge in [-0.05, 0) is 26.0 Å². The summed E-state index contributed by atoms with van der Waals surface area (Å²) in [5, 5.41) is 0.499. The molecule has 0 aliphatic heterocycles. The van der Waals surface area contributed by atoms with Crippen LogP contribution >= 0.6 is 11.6 Å². The van der Waals surface area contributed by atoms with Crippen LogP contribution in [0, 0.1) is 0 Å². The monoisotopic (exact) mass is 240 g/mol. The highest BCUT2D eigenvalue weighted by Crippen LogP contribution is 2.24. The number of allylic oxidation sites excluding steroid dienone is 1. The van der Waals surface area contributed by atoms with Gasteiger partial charge in [0.2, 0.25) is 0 Å². The maximum atomic E-state index is 11.1. The van der Waals surface area contributed by atoms with Crippen LogP contribution in [-0.2, 0) is 9.53 Å². The predicted molar refractivity (Wildman–Crippen MR) is 62.5 cm³/mol. The first-order valence-corrected chi connectivity index (χ1v) is 5.28. The third-order valence-electron chi connectivity index (χ3n) is 1.72. The normalized spacial score (nSPS) is 11.1. The molecular formula is C12H13ClO3. The molecule has 1 aromatic rings. The van der Waals surface area contributed by atoms with Gasteiger partial charge in [0.15, 0.2) is 0 Å². The Labute approximate surface area is 99.6 Å². The fourth-order valence-electron chi connectivity index (χ4n) is 1.08. The van der Waals surface area contributed by atoms with E-state index in [1.165, 1.54) is 6.08 Å². The number of carbonyl (C=O) groups is 1. The van der Waals surface area contributed by atoms with Crippen molar-refractivity contribution < 1.29 is 14.3 Å². The zero-order chi connectivity index (χ0) is 12.0. The molecule has 0 spiro atoms. The Morgan fingerprint density at radius 1 is 1.44 bits per heavy atom. The molecule has 0 heterocycles. The Kier molecular flexibility index (Phi) is 4.86. The highest BCUT2D eigenvalue weighted by Gasteiger charge is 2.03. The van der Waals surface area contributed by atoms with E-state index in [0.717, 1.165) is 0 Å². The molecule has 0 saturated carbocycles. The van der Waals surface area contributed by atoms with Gasteiger partial charge in [-0.3, -0.25) is 0 Å². The van der Waals surface area contributed by atoms with Crippen molar-refractivity contribution in [1.82, 2.24) is 0 Å². The number of carbonyl (C=O) groups excluding carboxylic acids is 1. The van der Waals surface area contributed by atoms with Crippen LogP contribution in [0.5, 0.6) is 5.75 Å². The standard InChI is InChI=1S/C12H13ClO3/c1-3-15-12(14)8-9(2)16-11-7-5-4-6-10(11)13/h4-8H,3H2,1-2H3/b9-8+.